The van der Waals surface area contributed by atoms with Crippen LogP contribution in [-0.4, -0.2) is 29.4 Å². The molecule has 1 heterocycles. The fourth-order valence-corrected chi connectivity index (χ4v) is 3.61. The molecule has 0 spiro atoms. The predicted molar refractivity (Wildman–Crippen MR) is 112 cm³/mol. The molecule has 0 saturated carbocycles. The second-order valence-corrected chi connectivity index (χ2v) is 7.66. The van der Waals surface area contributed by atoms with Gasteiger partial charge in [-0.3, -0.25) is 9.59 Å². The van der Waals surface area contributed by atoms with Crippen molar-refractivity contribution < 1.29 is 14.3 Å². The van der Waals surface area contributed by atoms with Gasteiger partial charge < -0.3 is 15.4 Å². The van der Waals surface area contributed by atoms with E-state index >= 15 is 0 Å². The monoisotopic (exact) mass is 397 g/mol. The van der Waals surface area contributed by atoms with Gasteiger partial charge in [-0.1, -0.05) is 37.3 Å². The van der Waals surface area contributed by atoms with Crippen LogP contribution in [0.25, 0.3) is 10.2 Å². The number of nitrogens with one attached hydrogen (secondary N) is 2. The highest BCUT2D eigenvalue weighted by atomic mass is 32.1. The molecular weight excluding hydrogens is 374 g/mol. The lowest BCUT2D eigenvalue weighted by molar-refractivity contribution is -0.118. The molecule has 1 unspecified atom stereocenters. The molecule has 6 nitrogen and oxygen atoms in total. The highest BCUT2D eigenvalue weighted by Crippen LogP contribution is 2.25. The zero-order valence-corrected chi connectivity index (χ0v) is 16.9. The number of ether oxygens (including phenoxy) is 1. The number of aromatic nitrogens is 1. The van der Waals surface area contributed by atoms with Crippen molar-refractivity contribution in [1.29, 1.82) is 0 Å². The molecule has 1 atom stereocenters. The van der Waals surface area contributed by atoms with Gasteiger partial charge in [-0.05, 0) is 49.2 Å². The average Bonchev–Trinajstić information content (AvgIpc) is 3.08. The van der Waals surface area contributed by atoms with E-state index in [4.69, 9.17) is 4.74 Å². The molecule has 3 aromatic rings. The van der Waals surface area contributed by atoms with E-state index in [1.165, 1.54) is 11.3 Å². The minimum Gasteiger partial charge on any atom is -0.494 e. The predicted octanol–water partition coefficient (Wildman–Crippen LogP) is 4.09. The van der Waals surface area contributed by atoms with Gasteiger partial charge in [0.15, 0.2) is 5.13 Å². The summed E-state index contributed by atoms with van der Waals surface area (Å²) in [6.07, 6.45) is 0. The molecule has 1 aromatic heterocycles. The average molecular weight is 398 g/mol. The molecule has 0 radical (unpaired) electrons. The highest BCUT2D eigenvalue weighted by Gasteiger charge is 2.25. The van der Waals surface area contributed by atoms with Crippen LogP contribution < -0.4 is 15.4 Å². The van der Waals surface area contributed by atoms with Gasteiger partial charge >= 0.3 is 0 Å². The lowest BCUT2D eigenvalue weighted by Crippen LogP contribution is -2.47. The Balaban J connectivity index is 1.69. The number of amides is 2. The van der Waals surface area contributed by atoms with Gasteiger partial charge in [0.05, 0.1) is 16.8 Å². The van der Waals surface area contributed by atoms with Gasteiger partial charge in [0.2, 0.25) is 5.91 Å². The molecule has 2 amide bonds. The number of hydrogen-bond acceptors (Lipinski definition) is 5. The van der Waals surface area contributed by atoms with Crippen LogP contribution in [0.3, 0.4) is 0 Å². The van der Waals surface area contributed by atoms with Gasteiger partial charge in [0.25, 0.3) is 5.91 Å². The zero-order valence-electron chi connectivity index (χ0n) is 16.1. The summed E-state index contributed by atoms with van der Waals surface area (Å²) in [6.45, 7) is 6.24. The van der Waals surface area contributed by atoms with Crippen molar-refractivity contribution in [2.75, 3.05) is 11.9 Å². The normalized spacial score (nSPS) is 12.0. The maximum absolute atomic E-state index is 12.8. The first-order chi connectivity index (χ1) is 13.5. The van der Waals surface area contributed by atoms with E-state index in [0.717, 1.165) is 10.2 Å². The van der Waals surface area contributed by atoms with Crippen LogP contribution in [0.1, 0.15) is 31.1 Å². The van der Waals surface area contributed by atoms with E-state index < -0.39 is 6.04 Å². The summed E-state index contributed by atoms with van der Waals surface area (Å²) < 4.78 is 6.39. The molecule has 0 aliphatic carbocycles. The fraction of sp³-hybridized carbons (Fsp3) is 0.286. The highest BCUT2D eigenvalue weighted by molar-refractivity contribution is 7.22. The largest absolute Gasteiger partial charge is 0.494 e. The second-order valence-electron chi connectivity index (χ2n) is 6.63. The van der Waals surface area contributed by atoms with Crippen molar-refractivity contribution in [3.8, 4) is 5.75 Å². The first kappa shape index (κ1) is 19.8. The van der Waals surface area contributed by atoms with Crippen LogP contribution in [0, 0.1) is 5.92 Å². The van der Waals surface area contributed by atoms with Gasteiger partial charge in [-0.25, -0.2) is 4.98 Å². The molecule has 0 aliphatic rings. The first-order valence-corrected chi connectivity index (χ1v) is 9.99. The molecule has 2 aromatic carbocycles. The van der Waals surface area contributed by atoms with E-state index in [0.29, 0.717) is 23.1 Å². The number of nitrogens with zero attached hydrogens (tertiary/aromatic N) is 1. The molecule has 0 bridgehead atoms. The van der Waals surface area contributed by atoms with E-state index in [9.17, 15) is 9.59 Å². The van der Waals surface area contributed by atoms with Crippen LogP contribution in [0.5, 0.6) is 5.75 Å². The Morgan fingerprint density at radius 3 is 2.46 bits per heavy atom. The third-order valence-corrected chi connectivity index (χ3v) is 5.14. The molecule has 0 aliphatic heterocycles. The van der Waals surface area contributed by atoms with Crippen molar-refractivity contribution in [3.63, 3.8) is 0 Å². The summed E-state index contributed by atoms with van der Waals surface area (Å²) in [6, 6.07) is 13.9. The third kappa shape index (κ3) is 4.67. The third-order valence-electron chi connectivity index (χ3n) is 4.19. The number of benzene rings is 2. The number of rotatable bonds is 7. The van der Waals surface area contributed by atoms with E-state index in [1.54, 1.807) is 24.3 Å². The molecule has 28 heavy (non-hydrogen) atoms. The number of anilines is 1. The summed E-state index contributed by atoms with van der Waals surface area (Å²) in [4.78, 5) is 29.8. The number of fused-ring (bicyclic) bond motifs is 1. The Kier molecular flexibility index (Phi) is 6.26. The van der Waals surface area contributed by atoms with Crippen LogP contribution >= 0.6 is 11.3 Å². The molecular formula is C21H23N3O3S. The number of para-hydroxylation sites is 1. The topological polar surface area (TPSA) is 80.3 Å². The maximum Gasteiger partial charge on any atom is 0.251 e. The molecule has 3 rings (SSSR count). The Hall–Kier alpha value is -2.93. The number of hydrogen-bond donors (Lipinski definition) is 2. The number of thiazole rings is 1. The lowest BCUT2D eigenvalue weighted by atomic mass is 10.0. The van der Waals surface area contributed by atoms with Crippen LogP contribution in [0.15, 0.2) is 48.5 Å². The van der Waals surface area contributed by atoms with Crippen molar-refractivity contribution in [2.24, 2.45) is 5.92 Å². The minimum atomic E-state index is -0.675. The first-order valence-electron chi connectivity index (χ1n) is 9.18. The van der Waals surface area contributed by atoms with E-state index in [2.05, 4.69) is 15.6 Å². The summed E-state index contributed by atoms with van der Waals surface area (Å²) >= 11 is 1.41. The second kappa shape index (κ2) is 8.84. The smallest absolute Gasteiger partial charge is 0.251 e. The number of carbonyl (C=O) groups is 2. The van der Waals surface area contributed by atoms with Gasteiger partial charge in [0, 0.05) is 5.56 Å². The molecule has 0 fully saturated rings. The molecule has 2 N–H and O–H groups in total. The van der Waals surface area contributed by atoms with Gasteiger partial charge in [-0.15, -0.1) is 0 Å². The van der Waals surface area contributed by atoms with Crippen LogP contribution in [0.2, 0.25) is 0 Å². The fourth-order valence-electron chi connectivity index (χ4n) is 2.74. The Morgan fingerprint density at radius 1 is 1.11 bits per heavy atom. The Bertz CT molecular complexity index is 933. The van der Waals surface area contributed by atoms with Crippen molar-refractivity contribution in [2.45, 2.75) is 26.8 Å². The van der Waals surface area contributed by atoms with Crippen LogP contribution in [-0.2, 0) is 4.79 Å². The SMILES string of the molecule is CCOc1ccc(C(=O)NC(C(=O)Nc2nc3ccccc3s2)C(C)C)cc1. The molecule has 0 saturated heterocycles. The lowest BCUT2D eigenvalue weighted by Gasteiger charge is -2.21. The standard InChI is InChI=1S/C21H23N3O3S/c1-4-27-15-11-9-14(10-12-15)19(25)23-18(13(2)3)20(26)24-21-22-16-7-5-6-8-17(16)28-21/h5-13,18H,4H2,1-3H3,(H,23,25)(H,22,24,26). The van der Waals surface area contributed by atoms with E-state index in [-0.39, 0.29) is 17.7 Å². The summed E-state index contributed by atoms with van der Waals surface area (Å²) in [5, 5.41) is 6.17. The van der Waals surface area contributed by atoms with Gasteiger partial charge in [-0.2, -0.15) is 0 Å². The maximum atomic E-state index is 12.8. The quantitative estimate of drug-likeness (QED) is 0.629. The zero-order chi connectivity index (χ0) is 20.1. The summed E-state index contributed by atoms with van der Waals surface area (Å²) in [5.74, 6) is 0.0311. The Morgan fingerprint density at radius 2 is 1.82 bits per heavy atom. The summed E-state index contributed by atoms with van der Waals surface area (Å²) in [5.41, 5.74) is 1.31. The van der Waals surface area contributed by atoms with E-state index in [1.807, 2.05) is 45.0 Å². The summed E-state index contributed by atoms with van der Waals surface area (Å²) in [7, 11) is 0. The minimum absolute atomic E-state index is 0.0824. The molecule has 146 valence electrons. The van der Waals surface area contributed by atoms with Crippen LogP contribution in [0.4, 0.5) is 5.13 Å². The van der Waals surface area contributed by atoms with Crippen molar-refractivity contribution in [1.82, 2.24) is 10.3 Å². The number of carbonyl (C=O) groups excluding carboxylic acids is 2. The van der Waals surface area contributed by atoms with Crippen molar-refractivity contribution in [3.05, 3.63) is 54.1 Å². The Labute approximate surface area is 167 Å². The van der Waals surface area contributed by atoms with Crippen molar-refractivity contribution >= 4 is 38.5 Å². The van der Waals surface area contributed by atoms with Gasteiger partial charge in [0.1, 0.15) is 11.8 Å². The molecule has 7 heteroatoms.